The second-order valence-corrected chi connectivity index (χ2v) is 11.0. The summed E-state index contributed by atoms with van der Waals surface area (Å²) in [6, 6.07) is -1.98. The summed E-state index contributed by atoms with van der Waals surface area (Å²) in [6.07, 6.45) is 11.1. The van der Waals surface area contributed by atoms with Crippen molar-refractivity contribution in [2.45, 2.75) is 96.2 Å². The maximum Gasteiger partial charge on any atom is 0.330 e. The number of carboxylic acids is 1. The zero-order valence-electron chi connectivity index (χ0n) is 22.3. The molecule has 1 unspecified atom stereocenters. The summed E-state index contributed by atoms with van der Waals surface area (Å²) < 4.78 is 0. The maximum absolute atomic E-state index is 13.1. The zero-order chi connectivity index (χ0) is 27.2. The molecule has 0 aromatic rings. The number of ketones is 1. The predicted octanol–water partition coefficient (Wildman–Crippen LogP) is 2.38. The quantitative estimate of drug-likeness (QED) is 0.205. The van der Waals surface area contributed by atoms with Crippen LogP contribution in [0.1, 0.15) is 78.6 Å². The molecule has 3 aliphatic rings. The molecule has 1 aliphatic heterocycles. The lowest BCUT2D eigenvalue weighted by molar-refractivity contribution is -0.145. The number of urea groups is 1. The predicted molar refractivity (Wildman–Crippen MR) is 138 cm³/mol. The van der Waals surface area contributed by atoms with E-state index in [-0.39, 0.29) is 30.1 Å². The molecule has 0 aromatic heterocycles. The van der Waals surface area contributed by atoms with Crippen LogP contribution in [0.2, 0.25) is 0 Å². The van der Waals surface area contributed by atoms with Gasteiger partial charge in [0.15, 0.2) is 5.78 Å². The van der Waals surface area contributed by atoms with E-state index < -0.39 is 41.4 Å². The Morgan fingerprint density at radius 1 is 1.11 bits per heavy atom. The van der Waals surface area contributed by atoms with E-state index in [0.717, 1.165) is 38.5 Å². The first-order valence-electron chi connectivity index (χ1n) is 13.7. The number of aliphatic carboxylic acids is 1. The first kappa shape index (κ1) is 28.7. The summed E-state index contributed by atoms with van der Waals surface area (Å²) in [7, 11) is 0. The number of carbonyl (C=O) groups is 5. The molecule has 3 fully saturated rings. The number of amides is 4. The van der Waals surface area contributed by atoms with Crippen LogP contribution in [-0.4, -0.2) is 70.3 Å². The lowest BCUT2D eigenvalue weighted by atomic mass is 9.97. The van der Waals surface area contributed by atoms with E-state index in [1.165, 1.54) is 4.90 Å². The van der Waals surface area contributed by atoms with Crippen LogP contribution in [0, 0.1) is 17.8 Å². The van der Waals surface area contributed by atoms with Gasteiger partial charge < -0.3 is 26.0 Å². The molecule has 4 atom stereocenters. The standard InChI is InChI=1S/C27H42N4O6/c1-4-5-6-7-8-10-19-15-27(19,25(35)36)30-24(34)20-11-9-14-31(20)21(32)16-28-26(37)29-22(17(2)3)23(33)18-12-13-18/h8,10,17-20,22H,4-7,9,11-16H2,1-3H3,(H,30,34)(H,35,36)(H2,28,29,37)/b10-8-/t19?,20-,22-,27+/m0/s1. The number of allylic oxidation sites excluding steroid dienone is 1. The normalized spacial score (nSPS) is 25.7. The van der Waals surface area contributed by atoms with Gasteiger partial charge in [-0.1, -0.05) is 45.8 Å². The van der Waals surface area contributed by atoms with Crippen LogP contribution >= 0.6 is 0 Å². The molecule has 0 aromatic carbocycles. The molecule has 10 heteroatoms. The highest BCUT2D eigenvalue weighted by Crippen LogP contribution is 2.45. The van der Waals surface area contributed by atoms with Crippen molar-refractivity contribution in [2.24, 2.45) is 17.8 Å². The van der Waals surface area contributed by atoms with Crippen molar-refractivity contribution >= 4 is 29.6 Å². The summed E-state index contributed by atoms with van der Waals surface area (Å²) >= 11 is 0. The van der Waals surface area contributed by atoms with Gasteiger partial charge in [-0.3, -0.25) is 14.4 Å². The summed E-state index contributed by atoms with van der Waals surface area (Å²) in [5, 5.41) is 17.7. The van der Waals surface area contributed by atoms with Crippen molar-refractivity contribution in [2.75, 3.05) is 13.1 Å². The Morgan fingerprint density at radius 2 is 1.84 bits per heavy atom. The summed E-state index contributed by atoms with van der Waals surface area (Å²) in [4.78, 5) is 64.1. The van der Waals surface area contributed by atoms with Crippen LogP contribution in [0.4, 0.5) is 4.79 Å². The van der Waals surface area contributed by atoms with E-state index >= 15 is 0 Å². The van der Waals surface area contributed by atoms with Crippen LogP contribution in [0.3, 0.4) is 0 Å². The number of Topliss-reactive ketones (excluding diaryl/α,β-unsaturated/α-hetero) is 1. The molecular weight excluding hydrogens is 476 g/mol. The third-order valence-electron chi connectivity index (χ3n) is 7.60. The van der Waals surface area contributed by atoms with Crippen molar-refractivity contribution in [3.05, 3.63) is 12.2 Å². The molecular formula is C27H42N4O6. The minimum Gasteiger partial charge on any atom is -0.479 e. The van der Waals surface area contributed by atoms with Gasteiger partial charge in [0.25, 0.3) is 0 Å². The van der Waals surface area contributed by atoms with Gasteiger partial charge in [0.1, 0.15) is 11.6 Å². The molecule has 0 radical (unpaired) electrons. The zero-order valence-corrected chi connectivity index (χ0v) is 22.3. The van der Waals surface area contributed by atoms with Gasteiger partial charge in [-0.25, -0.2) is 9.59 Å². The van der Waals surface area contributed by atoms with Crippen LogP contribution < -0.4 is 16.0 Å². The molecule has 4 N–H and O–H groups in total. The van der Waals surface area contributed by atoms with Gasteiger partial charge in [0.05, 0.1) is 12.6 Å². The van der Waals surface area contributed by atoms with E-state index in [2.05, 4.69) is 22.9 Å². The van der Waals surface area contributed by atoms with Crippen molar-refractivity contribution in [1.29, 1.82) is 0 Å². The minimum absolute atomic E-state index is 0.00918. The highest BCUT2D eigenvalue weighted by molar-refractivity contribution is 5.96. The number of likely N-dealkylation sites (tertiary alicyclic amines) is 1. The largest absolute Gasteiger partial charge is 0.479 e. The van der Waals surface area contributed by atoms with E-state index in [4.69, 9.17) is 0 Å². The van der Waals surface area contributed by atoms with Crippen molar-refractivity contribution in [3.8, 4) is 0 Å². The molecule has 0 bridgehead atoms. The lowest BCUT2D eigenvalue weighted by Gasteiger charge is -2.26. The Morgan fingerprint density at radius 3 is 2.46 bits per heavy atom. The Bertz CT molecular complexity index is 915. The molecule has 2 aliphatic carbocycles. The number of rotatable bonds is 14. The second kappa shape index (κ2) is 12.6. The first-order valence-corrected chi connectivity index (χ1v) is 13.7. The van der Waals surface area contributed by atoms with Gasteiger partial charge in [-0.2, -0.15) is 0 Å². The van der Waals surface area contributed by atoms with Crippen LogP contribution in [0.5, 0.6) is 0 Å². The van der Waals surface area contributed by atoms with Crippen molar-refractivity contribution < 1.29 is 29.1 Å². The lowest BCUT2D eigenvalue weighted by Crippen LogP contribution is -2.55. The topological polar surface area (TPSA) is 145 Å². The van der Waals surface area contributed by atoms with E-state index in [1.54, 1.807) is 0 Å². The third kappa shape index (κ3) is 7.32. The SMILES string of the molecule is CCCCC/C=C\C1C[C@]1(NC(=O)[C@@H]1CCCN1C(=O)CNC(=O)N[C@H](C(=O)C1CC1)C(C)C)C(=O)O. The van der Waals surface area contributed by atoms with Gasteiger partial charge in [0.2, 0.25) is 11.8 Å². The highest BCUT2D eigenvalue weighted by atomic mass is 16.4. The number of unbranched alkanes of at least 4 members (excludes halogenated alkanes) is 3. The Balaban J connectivity index is 1.50. The molecule has 206 valence electrons. The molecule has 1 saturated heterocycles. The van der Waals surface area contributed by atoms with Gasteiger partial charge in [-0.15, -0.1) is 0 Å². The fraction of sp³-hybridized carbons (Fsp3) is 0.741. The minimum atomic E-state index is -1.33. The van der Waals surface area contributed by atoms with Crippen LogP contribution in [0.25, 0.3) is 0 Å². The fourth-order valence-electron chi connectivity index (χ4n) is 5.01. The van der Waals surface area contributed by atoms with Crippen molar-refractivity contribution in [1.82, 2.24) is 20.9 Å². The van der Waals surface area contributed by atoms with E-state index in [1.807, 2.05) is 26.0 Å². The molecule has 37 heavy (non-hydrogen) atoms. The maximum atomic E-state index is 13.1. The number of carbonyl (C=O) groups excluding carboxylic acids is 4. The number of hydrogen-bond donors (Lipinski definition) is 4. The average molecular weight is 519 g/mol. The molecule has 4 amide bonds. The number of nitrogens with one attached hydrogen (secondary N) is 3. The third-order valence-corrected chi connectivity index (χ3v) is 7.60. The molecule has 1 heterocycles. The molecule has 2 saturated carbocycles. The highest BCUT2D eigenvalue weighted by Gasteiger charge is 2.61. The summed E-state index contributed by atoms with van der Waals surface area (Å²) in [5.74, 6) is -2.27. The van der Waals surface area contributed by atoms with Crippen LogP contribution in [-0.2, 0) is 19.2 Å². The Labute approximate surface area is 219 Å². The molecule has 10 nitrogen and oxygen atoms in total. The second-order valence-electron chi connectivity index (χ2n) is 11.0. The van der Waals surface area contributed by atoms with Gasteiger partial charge >= 0.3 is 12.0 Å². The molecule has 3 rings (SSSR count). The van der Waals surface area contributed by atoms with Gasteiger partial charge in [-0.05, 0) is 50.9 Å². The molecule has 0 spiro atoms. The number of nitrogens with zero attached hydrogens (tertiary/aromatic N) is 1. The fourth-order valence-corrected chi connectivity index (χ4v) is 5.01. The summed E-state index contributed by atoms with van der Waals surface area (Å²) in [5.41, 5.74) is -1.33. The summed E-state index contributed by atoms with van der Waals surface area (Å²) in [6.45, 7) is 5.89. The van der Waals surface area contributed by atoms with E-state index in [9.17, 15) is 29.1 Å². The monoisotopic (exact) mass is 518 g/mol. The van der Waals surface area contributed by atoms with Crippen LogP contribution in [0.15, 0.2) is 12.2 Å². The smallest absolute Gasteiger partial charge is 0.330 e. The number of carboxylic acid groups (broad SMARTS) is 1. The Kier molecular flexibility index (Phi) is 9.73. The van der Waals surface area contributed by atoms with E-state index in [0.29, 0.717) is 25.8 Å². The Hall–Kier alpha value is -2.91. The van der Waals surface area contributed by atoms with Gasteiger partial charge in [0, 0.05) is 18.4 Å². The van der Waals surface area contributed by atoms with Crippen molar-refractivity contribution in [3.63, 3.8) is 0 Å². The number of hydrogen-bond acceptors (Lipinski definition) is 5. The first-order chi connectivity index (χ1) is 17.6. The average Bonchev–Trinajstić information content (AvgIpc) is 3.77.